The van der Waals surface area contributed by atoms with Gasteiger partial charge in [-0.25, -0.2) is 0 Å². The van der Waals surface area contributed by atoms with Gasteiger partial charge in [0.25, 0.3) is 0 Å². The molecule has 5 atom stereocenters. The first kappa shape index (κ1) is 63.8. The number of carbonyl (C=O) groups is 9. The van der Waals surface area contributed by atoms with Gasteiger partial charge in [-0.05, 0) is 55.7 Å². The Hall–Kier alpha value is -8.29. The van der Waals surface area contributed by atoms with Crippen molar-refractivity contribution in [3.05, 3.63) is 71.9 Å². The fraction of sp³-hybridized carbons (Fsp3) is 0.500. The molecule has 20 N–H and O–H groups in total. The second-order valence-electron chi connectivity index (χ2n) is 17.8. The Balaban J connectivity index is 0.00000124. The van der Waals surface area contributed by atoms with Crippen molar-refractivity contribution in [2.45, 2.75) is 116 Å². The van der Waals surface area contributed by atoms with E-state index in [1.807, 2.05) is 38.1 Å². The van der Waals surface area contributed by atoms with Crippen LogP contribution in [0, 0.1) is 0 Å². The first-order valence-corrected chi connectivity index (χ1v) is 25.2. The van der Waals surface area contributed by atoms with Crippen LogP contribution >= 0.6 is 0 Å². The van der Waals surface area contributed by atoms with Crippen LogP contribution < -0.4 is 71.6 Å². The molecule has 4 rings (SSSR count). The number of benzene rings is 2. The Kier molecular flexibility index (Phi) is 29.4. The zero-order valence-electron chi connectivity index (χ0n) is 44.0. The van der Waals surface area contributed by atoms with E-state index in [1.54, 1.807) is 43.5 Å². The number of H-pyrrole nitrogens is 1. The minimum atomic E-state index is -1.50. The van der Waals surface area contributed by atoms with E-state index in [0.717, 1.165) is 41.7 Å². The van der Waals surface area contributed by atoms with Crippen molar-refractivity contribution in [2.75, 3.05) is 45.8 Å². The van der Waals surface area contributed by atoms with Gasteiger partial charge in [-0.3, -0.25) is 53.1 Å². The van der Waals surface area contributed by atoms with E-state index in [2.05, 4.69) is 52.2 Å². The van der Waals surface area contributed by atoms with Crippen molar-refractivity contribution in [1.29, 1.82) is 0 Å². The van der Waals surface area contributed by atoms with Crippen LogP contribution in [0.1, 0.15) is 83.8 Å². The third kappa shape index (κ3) is 25.6. The maximum Gasteiger partial charge on any atom is 0.246 e. The van der Waals surface area contributed by atoms with E-state index >= 15 is 0 Å². The zero-order valence-corrected chi connectivity index (χ0v) is 44.0. The van der Waals surface area contributed by atoms with Crippen molar-refractivity contribution >= 4 is 76.0 Å². The molecule has 4 unspecified atom stereocenters. The molecule has 2 aromatic carbocycles. The van der Waals surface area contributed by atoms with Gasteiger partial charge in [0.15, 0.2) is 11.9 Å². The maximum atomic E-state index is 14.1. The molecule has 9 amide bonds. The lowest BCUT2D eigenvalue weighted by atomic mass is 10.0. The highest BCUT2D eigenvalue weighted by Gasteiger charge is 2.32. The summed E-state index contributed by atoms with van der Waals surface area (Å²) in [5.41, 5.74) is 34.1. The molecule has 1 saturated heterocycles. The Morgan fingerprint density at radius 2 is 1.37 bits per heavy atom. The van der Waals surface area contributed by atoms with Crippen LogP contribution in [-0.2, 0) is 56.0 Å². The quantitative estimate of drug-likeness (QED) is 0.0542. The molecule has 1 aromatic heterocycles. The molecule has 0 saturated carbocycles. The zero-order chi connectivity index (χ0) is 56.6. The number of aliphatic imine (C=N–C) groups is 2. The average Bonchev–Trinajstić information content (AvgIpc) is 3.79. The molecule has 0 bridgehead atoms. The van der Waals surface area contributed by atoms with E-state index < -0.39 is 109 Å². The van der Waals surface area contributed by atoms with E-state index in [4.69, 9.17) is 34.4 Å². The van der Waals surface area contributed by atoms with Gasteiger partial charge in [-0.15, -0.1) is 0 Å². The van der Waals surface area contributed by atoms with Crippen LogP contribution in [0.3, 0.4) is 0 Å². The van der Waals surface area contributed by atoms with Crippen molar-refractivity contribution in [3.63, 3.8) is 0 Å². The van der Waals surface area contributed by atoms with E-state index in [0.29, 0.717) is 30.4 Å². The van der Waals surface area contributed by atoms with Gasteiger partial charge in [0, 0.05) is 69.1 Å². The summed E-state index contributed by atoms with van der Waals surface area (Å²) in [4.78, 5) is 131. The third-order valence-electron chi connectivity index (χ3n) is 11.2. The molecule has 0 radical (unpaired) electrons. The standard InChI is InChI=1S/C42H57N11O9.2C4H11N3/c1-3-28(43)23-53-24-38(58)50-32(17-26-11-5-4-6-12-26)40(60)48-22-37(57)49-33(18-27-20-47-30-14-8-7-13-29(27)30)41(61)52-31(39(44)59)15-9-10-16-45-35(55)19-34(42(53)62)51-36(56)21-46-25(2)54;2*1-2-3-7-4(5)6/h4-8,11-14,20,28,31-34,47H,3,9-10,15-19,21-24,43H2,1-2H3,(H2,44,59)(H,45,55)(H,46,54)(H,48,60)(H,49,57)(H,50,58)(H,51,56)(H,52,61);2*2-3H2,1H3,(H4,5,6,7)/t28?,31?,32?,33-,34?;;/m0../s1. The van der Waals surface area contributed by atoms with Crippen LogP contribution in [0.15, 0.2) is 70.8 Å². The van der Waals surface area contributed by atoms with Crippen LogP contribution in [-0.4, -0.2) is 151 Å². The predicted molar refractivity (Wildman–Crippen MR) is 289 cm³/mol. The third-order valence-corrected chi connectivity index (χ3v) is 11.2. The van der Waals surface area contributed by atoms with Crippen LogP contribution in [0.25, 0.3) is 10.9 Å². The van der Waals surface area contributed by atoms with Crippen molar-refractivity contribution < 1.29 is 43.2 Å². The number of amides is 9. The molecule has 26 heteroatoms. The number of hydrogen-bond donors (Lipinski definition) is 14. The van der Waals surface area contributed by atoms with E-state index in [9.17, 15) is 43.2 Å². The first-order chi connectivity index (χ1) is 36.2. The van der Waals surface area contributed by atoms with Crippen LogP contribution in [0.2, 0.25) is 0 Å². The normalized spacial score (nSPS) is 18.7. The Morgan fingerprint density at radius 3 is 1.96 bits per heavy atom. The first-order valence-electron chi connectivity index (χ1n) is 25.2. The topological polar surface area (TPSA) is 438 Å². The van der Waals surface area contributed by atoms with E-state index in [-0.39, 0.29) is 44.3 Å². The summed E-state index contributed by atoms with van der Waals surface area (Å²) in [5.74, 6) is -6.20. The van der Waals surface area contributed by atoms with Gasteiger partial charge < -0.3 is 81.5 Å². The molecule has 418 valence electrons. The highest BCUT2D eigenvalue weighted by atomic mass is 16.2. The number of para-hydroxylation sites is 1. The second-order valence-corrected chi connectivity index (χ2v) is 17.8. The number of aromatic nitrogens is 1. The van der Waals surface area contributed by atoms with Gasteiger partial charge in [0.1, 0.15) is 24.2 Å². The fourth-order valence-electron chi connectivity index (χ4n) is 7.25. The van der Waals surface area contributed by atoms with Gasteiger partial charge >= 0.3 is 0 Å². The van der Waals surface area contributed by atoms with Gasteiger partial charge in [-0.1, -0.05) is 69.3 Å². The number of hydrogen-bond acceptors (Lipinski definition) is 12. The maximum absolute atomic E-state index is 14.1. The Labute approximate surface area is 442 Å². The summed E-state index contributed by atoms with van der Waals surface area (Å²) in [6.07, 6.45) is 4.23. The molecule has 1 aliphatic rings. The number of nitrogens with zero attached hydrogens (tertiary/aromatic N) is 3. The summed E-state index contributed by atoms with van der Waals surface area (Å²) in [6, 6.07) is 10.3. The number of aromatic amines is 1. The smallest absolute Gasteiger partial charge is 0.246 e. The number of guanidine groups is 2. The highest BCUT2D eigenvalue weighted by Crippen LogP contribution is 2.19. The summed E-state index contributed by atoms with van der Waals surface area (Å²) in [7, 11) is 0. The largest absolute Gasteiger partial charge is 0.370 e. The number of carbonyl (C=O) groups excluding carboxylic acids is 9. The molecule has 0 aliphatic carbocycles. The van der Waals surface area contributed by atoms with Crippen molar-refractivity contribution in [3.8, 4) is 0 Å². The van der Waals surface area contributed by atoms with Gasteiger partial charge in [-0.2, -0.15) is 0 Å². The van der Waals surface area contributed by atoms with Crippen molar-refractivity contribution in [1.82, 2.24) is 47.1 Å². The summed E-state index contributed by atoms with van der Waals surface area (Å²) in [5, 5.41) is 18.8. The molecule has 1 aliphatic heterocycles. The van der Waals surface area contributed by atoms with Crippen LogP contribution in [0.5, 0.6) is 0 Å². The molecule has 2 heterocycles. The lowest BCUT2D eigenvalue weighted by molar-refractivity contribution is -0.141. The minimum absolute atomic E-state index is 0.00529. The van der Waals surface area contributed by atoms with Gasteiger partial charge in [0.2, 0.25) is 53.2 Å². The predicted octanol–water partition coefficient (Wildman–Crippen LogP) is -2.77. The van der Waals surface area contributed by atoms with E-state index in [1.165, 1.54) is 6.92 Å². The molecule has 3 aromatic rings. The number of primary amides is 1. The second kappa shape index (κ2) is 35.0. The molecular formula is C50H79N17O9. The molecule has 1 fully saturated rings. The molecule has 26 nitrogen and oxygen atoms in total. The van der Waals surface area contributed by atoms with Crippen molar-refractivity contribution in [2.24, 2.45) is 44.4 Å². The highest BCUT2D eigenvalue weighted by molar-refractivity contribution is 5.97. The molecular weight excluding hydrogens is 983 g/mol. The lowest BCUT2D eigenvalue weighted by Gasteiger charge is -2.30. The Bertz CT molecular complexity index is 2400. The number of rotatable bonds is 15. The number of fused-ring (bicyclic) bond motifs is 1. The summed E-state index contributed by atoms with van der Waals surface area (Å²) >= 11 is 0. The molecule has 0 spiro atoms. The molecule has 76 heavy (non-hydrogen) atoms. The SMILES string of the molecule is CCC(N)CN1CC(=O)NC(Cc2ccccc2)C(=O)NCC(=O)N[C@@H](Cc2c[nH]c3ccccc23)C(=O)NC(C(N)=O)CCCCNC(=O)CC(NC(=O)CNC(C)=O)C1=O.CCCN=C(N)N.CCCN=C(N)N. The Morgan fingerprint density at radius 1 is 0.750 bits per heavy atom. The number of nitrogens with one attached hydrogen (secondary N) is 8. The summed E-state index contributed by atoms with van der Waals surface area (Å²) < 4.78 is 0. The monoisotopic (exact) mass is 1060 g/mol. The fourth-order valence-corrected chi connectivity index (χ4v) is 7.25. The minimum Gasteiger partial charge on any atom is -0.370 e. The number of nitrogens with two attached hydrogens (primary N) is 6. The average molecular weight is 1060 g/mol. The van der Waals surface area contributed by atoms with Gasteiger partial charge in [0.05, 0.1) is 26.1 Å². The summed E-state index contributed by atoms with van der Waals surface area (Å²) in [6.45, 7) is 6.68. The van der Waals surface area contributed by atoms with Crippen LogP contribution in [0.4, 0.5) is 0 Å². The lowest BCUT2D eigenvalue weighted by Crippen LogP contribution is -2.57.